The van der Waals surface area contributed by atoms with Crippen LogP contribution in [0.25, 0.3) is 0 Å². The number of rotatable bonds is 3. The van der Waals surface area contributed by atoms with Gasteiger partial charge in [0.1, 0.15) is 11.7 Å². The van der Waals surface area contributed by atoms with E-state index in [0.717, 1.165) is 5.57 Å². The molecule has 5 rings (SSSR count). The minimum absolute atomic E-state index is 0.0881. The molecule has 0 aromatic rings. The van der Waals surface area contributed by atoms with E-state index < -0.39 is 72.6 Å². The second kappa shape index (κ2) is 8.63. The maximum atomic E-state index is 13.7. The van der Waals surface area contributed by atoms with E-state index in [1.54, 1.807) is 6.92 Å². The molecule has 40 heavy (non-hydrogen) atoms. The molecule has 2 aliphatic heterocycles. The van der Waals surface area contributed by atoms with Gasteiger partial charge in [0, 0.05) is 16.7 Å². The molecule has 8 atom stereocenters. The molecule has 9 nitrogen and oxygen atoms in total. The molecule has 0 radical (unpaired) electrons. The van der Waals surface area contributed by atoms with Crippen LogP contribution in [0.15, 0.2) is 11.1 Å². The molecule has 0 aromatic carbocycles. The Labute approximate surface area is 239 Å². The van der Waals surface area contributed by atoms with Crippen LogP contribution in [0.4, 0.5) is 4.79 Å². The monoisotopic (exact) mass is 580 g/mol. The van der Waals surface area contributed by atoms with Crippen LogP contribution in [-0.4, -0.2) is 78.5 Å². The van der Waals surface area contributed by atoms with Crippen LogP contribution in [-0.2, 0) is 28.2 Å². The van der Waals surface area contributed by atoms with Gasteiger partial charge in [-0.15, -0.1) is 0 Å². The van der Waals surface area contributed by atoms with E-state index in [9.17, 15) is 19.8 Å². The van der Waals surface area contributed by atoms with Gasteiger partial charge >= 0.3 is 6.16 Å². The standard InChI is InChI=1S/C30H48O9Si/c1-16-17(31)14-30-23(36-24(33)39-30)21-28(9,22-20(19(16)26(30,5)6)37-27(7,8)38-22)13-12-18(32)29(21,34)15-35-40(10,11)25(2,3)4/h18,20-23,32,34H,12-15H2,1-11H3/t18-,20+,21-,22-,23-,28+,29-,30+/m0/s1. The Balaban J connectivity index is 1.76. The average molecular weight is 581 g/mol. The number of carbonyl (C=O) groups excluding carboxylic acids is 2. The van der Waals surface area contributed by atoms with Crippen molar-refractivity contribution in [3.05, 3.63) is 11.1 Å². The van der Waals surface area contributed by atoms with Crippen molar-refractivity contribution in [2.24, 2.45) is 16.7 Å². The molecule has 2 saturated carbocycles. The number of hydrogen-bond acceptors (Lipinski definition) is 9. The molecule has 2 saturated heterocycles. The van der Waals surface area contributed by atoms with Gasteiger partial charge < -0.3 is 33.6 Å². The lowest BCUT2D eigenvalue weighted by Crippen LogP contribution is -2.74. The summed E-state index contributed by atoms with van der Waals surface area (Å²) in [5.74, 6) is -2.01. The molecule has 0 amide bonds. The van der Waals surface area contributed by atoms with Gasteiger partial charge in [-0.25, -0.2) is 4.79 Å². The maximum Gasteiger partial charge on any atom is 0.509 e. The first kappa shape index (κ1) is 30.2. The molecule has 4 fully saturated rings. The molecule has 2 bridgehead atoms. The third-order valence-electron chi connectivity index (χ3n) is 11.5. The van der Waals surface area contributed by atoms with Gasteiger partial charge in [-0.3, -0.25) is 4.79 Å². The topological polar surface area (TPSA) is 121 Å². The Morgan fingerprint density at radius 1 is 1.05 bits per heavy atom. The number of carbonyl (C=O) groups is 2. The van der Waals surface area contributed by atoms with Gasteiger partial charge in [0.05, 0.1) is 25.2 Å². The van der Waals surface area contributed by atoms with Crippen molar-refractivity contribution in [1.29, 1.82) is 0 Å². The summed E-state index contributed by atoms with van der Waals surface area (Å²) < 4.78 is 31.9. The summed E-state index contributed by atoms with van der Waals surface area (Å²) in [5.41, 5.74) is -3.64. The first-order chi connectivity index (χ1) is 18.0. The van der Waals surface area contributed by atoms with Crippen LogP contribution in [0, 0.1) is 16.7 Å². The van der Waals surface area contributed by atoms with Gasteiger partial charge in [0.15, 0.2) is 31.6 Å². The summed E-state index contributed by atoms with van der Waals surface area (Å²) in [6, 6.07) is 0. The number of aliphatic hydroxyl groups excluding tert-OH is 1. The Morgan fingerprint density at radius 3 is 2.27 bits per heavy atom. The number of hydrogen-bond donors (Lipinski definition) is 2. The predicted octanol–water partition coefficient (Wildman–Crippen LogP) is 4.64. The predicted molar refractivity (Wildman–Crippen MR) is 149 cm³/mol. The number of ketones is 1. The highest BCUT2D eigenvalue weighted by Crippen LogP contribution is 2.66. The molecule has 2 heterocycles. The zero-order chi connectivity index (χ0) is 30.1. The number of Topliss-reactive ketones (excluding diaryl/α,β-unsaturated/α-hetero) is 1. The highest BCUT2D eigenvalue weighted by molar-refractivity contribution is 6.74. The molecule has 0 aromatic heterocycles. The molecule has 5 aliphatic rings. The summed E-state index contributed by atoms with van der Waals surface area (Å²) in [6.07, 6.45) is -3.60. The van der Waals surface area contributed by atoms with Gasteiger partial charge in [0.2, 0.25) is 0 Å². The lowest BCUT2D eigenvalue weighted by Gasteiger charge is -2.62. The van der Waals surface area contributed by atoms with E-state index in [4.69, 9.17) is 23.4 Å². The van der Waals surface area contributed by atoms with E-state index in [1.165, 1.54) is 0 Å². The molecular formula is C30H48O9Si. The lowest BCUT2D eigenvalue weighted by atomic mass is 9.46. The fourth-order valence-corrected chi connectivity index (χ4v) is 9.13. The van der Waals surface area contributed by atoms with Gasteiger partial charge in [-0.2, -0.15) is 0 Å². The minimum atomic E-state index is -2.37. The molecule has 0 unspecified atom stereocenters. The van der Waals surface area contributed by atoms with Crippen molar-refractivity contribution in [2.75, 3.05) is 6.61 Å². The second-order valence-corrected chi connectivity index (χ2v) is 20.4. The fourth-order valence-electron chi connectivity index (χ4n) is 8.11. The second-order valence-electron chi connectivity index (χ2n) is 15.6. The molecule has 226 valence electrons. The van der Waals surface area contributed by atoms with Crippen LogP contribution in [0.1, 0.15) is 81.6 Å². The molecule has 1 spiro atoms. The van der Waals surface area contributed by atoms with Crippen LogP contribution in [0.5, 0.6) is 0 Å². The number of ether oxygens (including phenoxy) is 4. The fraction of sp³-hybridized carbons (Fsp3) is 0.867. The Bertz CT molecular complexity index is 1150. The highest BCUT2D eigenvalue weighted by atomic mass is 28.4. The first-order valence-corrected chi connectivity index (χ1v) is 17.5. The Kier molecular flexibility index (Phi) is 6.51. The number of allylic oxidation sites excluding steroid dienone is 1. The SMILES string of the molecule is CC1=C2[C@H]3OC(C)(C)O[C@@H]3[C@]3(C)CC[C@H](O)[C@@](O)(CO[Si](C)(C)C(C)(C)C)[C@H]3[C@@H]3OC(=O)O[C@@]3(CC1=O)C2(C)C. The molecule has 3 aliphatic carbocycles. The molecule has 10 heteroatoms. The van der Waals surface area contributed by atoms with Crippen molar-refractivity contribution in [2.45, 2.75) is 141 Å². The van der Waals surface area contributed by atoms with E-state index in [0.29, 0.717) is 18.4 Å². The summed E-state index contributed by atoms with van der Waals surface area (Å²) >= 11 is 0. The first-order valence-electron chi connectivity index (χ1n) is 14.6. The van der Waals surface area contributed by atoms with E-state index in [2.05, 4.69) is 33.9 Å². The number of fused-ring (bicyclic) bond motifs is 6. The molecule has 2 N–H and O–H groups in total. The van der Waals surface area contributed by atoms with Crippen LogP contribution in [0.3, 0.4) is 0 Å². The quantitative estimate of drug-likeness (QED) is 0.363. The van der Waals surface area contributed by atoms with E-state index in [-0.39, 0.29) is 23.8 Å². The smallest absolute Gasteiger partial charge is 0.426 e. The summed E-state index contributed by atoms with van der Waals surface area (Å²) in [4.78, 5) is 26.7. The largest absolute Gasteiger partial charge is 0.509 e. The zero-order valence-corrected chi connectivity index (χ0v) is 27.0. The third kappa shape index (κ3) is 3.89. The van der Waals surface area contributed by atoms with Crippen molar-refractivity contribution in [1.82, 2.24) is 0 Å². The van der Waals surface area contributed by atoms with Crippen molar-refractivity contribution >= 4 is 20.3 Å². The third-order valence-corrected chi connectivity index (χ3v) is 16.0. The Morgan fingerprint density at radius 2 is 1.68 bits per heavy atom. The minimum Gasteiger partial charge on any atom is -0.426 e. The van der Waals surface area contributed by atoms with E-state index in [1.807, 2.05) is 34.6 Å². The van der Waals surface area contributed by atoms with Gasteiger partial charge in [-0.05, 0) is 62.9 Å². The molecular weight excluding hydrogens is 532 g/mol. The summed E-state index contributed by atoms with van der Waals surface area (Å²) in [7, 11) is -2.37. The summed E-state index contributed by atoms with van der Waals surface area (Å²) in [6.45, 7) is 21.8. The van der Waals surface area contributed by atoms with Crippen LogP contribution >= 0.6 is 0 Å². The number of aliphatic hydroxyl groups is 2. The van der Waals surface area contributed by atoms with Crippen molar-refractivity contribution < 1.29 is 43.2 Å². The zero-order valence-electron chi connectivity index (χ0n) is 26.0. The highest BCUT2D eigenvalue weighted by Gasteiger charge is 2.77. The van der Waals surface area contributed by atoms with E-state index >= 15 is 0 Å². The van der Waals surface area contributed by atoms with Gasteiger partial charge in [-0.1, -0.05) is 41.5 Å². The van der Waals surface area contributed by atoms with Crippen molar-refractivity contribution in [3.8, 4) is 0 Å². The lowest BCUT2D eigenvalue weighted by molar-refractivity contribution is -0.262. The maximum absolute atomic E-state index is 13.7. The Hall–Kier alpha value is -1.30. The average Bonchev–Trinajstić information content (AvgIpc) is 3.30. The summed E-state index contributed by atoms with van der Waals surface area (Å²) in [5, 5.41) is 24.2. The normalized spacial score (nSPS) is 44.2. The van der Waals surface area contributed by atoms with Crippen LogP contribution in [0.2, 0.25) is 18.1 Å². The van der Waals surface area contributed by atoms with Crippen LogP contribution < -0.4 is 0 Å². The van der Waals surface area contributed by atoms with Gasteiger partial charge in [0.25, 0.3) is 0 Å². The van der Waals surface area contributed by atoms with Crippen molar-refractivity contribution in [3.63, 3.8) is 0 Å².